The minimum atomic E-state index is -0.441. The molecule has 0 spiro atoms. The van der Waals surface area contributed by atoms with Gasteiger partial charge in [0.05, 0.1) is 13.7 Å². The summed E-state index contributed by atoms with van der Waals surface area (Å²) in [5, 5.41) is 13.4. The van der Waals surface area contributed by atoms with Crippen molar-refractivity contribution in [1.82, 2.24) is 10.3 Å². The topological polar surface area (TPSA) is 104 Å². The number of carbonyl (C=O) groups excluding carboxylic acids is 2. The summed E-state index contributed by atoms with van der Waals surface area (Å²) >= 11 is 4.19. The minimum Gasteiger partial charge on any atom is -0.480 e. The van der Waals surface area contributed by atoms with Gasteiger partial charge in [-0.1, -0.05) is 18.2 Å². The molecule has 0 aliphatic carbocycles. The van der Waals surface area contributed by atoms with Crippen molar-refractivity contribution in [3.05, 3.63) is 66.4 Å². The van der Waals surface area contributed by atoms with Crippen LogP contribution in [-0.2, 0) is 20.7 Å². The van der Waals surface area contributed by atoms with Crippen molar-refractivity contribution in [2.24, 2.45) is 0 Å². The van der Waals surface area contributed by atoms with Crippen molar-refractivity contribution in [2.75, 3.05) is 19.8 Å². The molecule has 3 aromatic rings. The molecule has 0 saturated carbocycles. The van der Waals surface area contributed by atoms with Gasteiger partial charge in [0, 0.05) is 23.6 Å². The molecule has 9 heteroatoms. The Labute approximate surface area is 218 Å². The van der Waals surface area contributed by atoms with Crippen LogP contribution in [0.25, 0.3) is 17.0 Å². The molecule has 33 heavy (non-hydrogen) atoms. The van der Waals surface area contributed by atoms with Gasteiger partial charge in [-0.15, -0.1) is 0 Å². The van der Waals surface area contributed by atoms with E-state index in [1.54, 1.807) is 25.1 Å². The molecule has 1 amide bonds. The fraction of sp³-hybridized carbons (Fsp3) is 0.208. The van der Waals surface area contributed by atoms with Gasteiger partial charge in [-0.05, 0) is 93.9 Å². The third kappa shape index (κ3) is 6.70. The number of fused-ring (bicyclic) bond motifs is 1. The Morgan fingerprint density at radius 2 is 1.94 bits per heavy atom. The van der Waals surface area contributed by atoms with Crippen molar-refractivity contribution in [2.45, 2.75) is 13.3 Å². The smallest absolute Gasteiger partial charge is 0.344 e. The van der Waals surface area contributed by atoms with Crippen molar-refractivity contribution in [3.63, 3.8) is 0 Å². The third-order valence-corrected chi connectivity index (χ3v) is 6.29. The van der Waals surface area contributed by atoms with Crippen molar-refractivity contribution >= 4 is 74.0 Å². The van der Waals surface area contributed by atoms with E-state index < -0.39 is 11.9 Å². The van der Waals surface area contributed by atoms with Crippen LogP contribution in [0.5, 0.6) is 5.75 Å². The number of nitrogens with one attached hydrogen (secondary N) is 2. The van der Waals surface area contributed by atoms with Crippen molar-refractivity contribution < 1.29 is 19.1 Å². The summed E-state index contributed by atoms with van der Waals surface area (Å²) in [7, 11) is 0. The highest BCUT2D eigenvalue weighted by molar-refractivity contribution is 14.1. The lowest BCUT2D eigenvalue weighted by atomic mass is 10.1. The molecule has 0 unspecified atom stereocenters. The lowest BCUT2D eigenvalue weighted by molar-refractivity contribution is -0.145. The molecule has 2 N–H and O–H groups in total. The number of nitriles is 1. The molecule has 2 aromatic carbocycles. The standard InChI is InChI=1S/C24H21I2N3O4/c1-2-32-22(30)14-33-23-19(25)10-15(11-20(23)26)9-17(12-27)24(31)28-8-7-16-13-29-21-6-4-3-5-18(16)21/h3-6,9-11,13,29H,2,7-8,14H2,1H3,(H,28,31)/b17-9-. The SMILES string of the molecule is CCOC(=O)COc1c(I)cc(/C=C(/C#N)C(=O)NCCc2c[nH]c3ccccc23)cc1I. The number of ether oxygens (including phenoxy) is 2. The Hall–Kier alpha value is -2.59. The number of aromatic amines is 1. The zero-order valence-electron chi connectivity index (χ0n) is 17.8. The number of para-hydroxylation sites is 1. The first-order valence-electron chi connectivity index (χ1n) is 10.1. The largest absolute Gasteiger partial charge is 0.480 e. The first-order valence-corrected chi connectivity index (χ1v) is 12.3. The number of H-pyrrole nitrogens is 1. The Balaban J connectivity index is 1.64. The van der Waals surface area contributed by atoms with Gasteiger partial charge in [-0.25, -0.2) is 4.79 Å². The van der Waals surface area contributed by atoms with Crippen LogP contribution >= 0.6 is 45.2 Å². The van der Waals surface area contributed by atoms with Crippen molar-refractivity contribution in [1.29, 1.82) is 5.26 Å². The fourth-order valence-corrected chi connectivity index (χ4v) is 5.32. The number of hydrogen-bond acceptors (Lipinski definition) is 5. The molecule has 7 nitrogen and oxygen atoms in total. The Kier molecular flexibility index (Phi) is 9.13. The van der Waals surface area contributed by atoms with Crippen LogP contribution in [-0.4, -0.2) is 36.6 Å². The minimum absolute atomic E-state index is 0.0146. The number of halogens is 2. The molecule has 1 heterocycles. The van der Waals surface area contributed by atoms with E-state index in [4.69, 9.17) is 9.47 Å². The van der Waals surface area contributed by atoms with E-state index in [-0.39, 0.29) is 12.2 Å². The predicted molar refractivity (Wildman–Crippen MR) is 143 cm³/mol. The number of aromatic nitrogens is 1. The normalized spacial score (nSPS) is 11.2. The van der Waals surface area contributed by atoms with Gasteiger partial charge in [0.2, 0.25) is 0 Å². The summed E-state index contributed by atoms with van der Waals surface area (Å²) in [6, 6.07) is 13.5. The highest BCUT2D eigenvalue weighted by Gasteiger charge is 2.14. The van der Waals surface area contributed by atoms with Crippen LogP contribution in [0.2, 0.25) is 0 Å². The molecular formula is C24H21I2N3O4. The molecule has 0 saturated heterocycles. The zero-order chi connectivity index (χ0) is 23.8. The van der Waals surface area contributed by atoms with Crippen LogP contribution in [0.3, 0.4) is 0 Å². The zero-order valence-corrected chi connectivity index (χ0v) is 22.1. The average Bonchev–Trinajstić information content (AvgIpc) is 3.20. The number of nitrogens with zero attached hydrogens (tertiary/aromatic N) is 1. The Bertz CT molecular complexity index is 1220. The molecule has 170 valence electrons. The highest BCUT2D eigenvalue weighted by atomic mass is 127. The first-order chi connectivity index (χ1) is 15.9. The summed E-state index contributed by atoms with van der Waals surface area (Å²) in [6.45, 7) is 2.26. The van der Waals surface area contributed by atoms with E-state index in [1.807, 2.05) is 36.5 Å². The quantitative estimate of drug-likeness (QED) is 0.150. The van der Waals surface area contributed by atoms with E-state index in [9.17, 15) is 14.9 Å². The number of rotatable bonds is 9. The molecule has 0 fully saturated rings. The average molecular weight is 669 g/mol. The van der Waals surface area contributed by atoms with E-state index in [0.29, 0.717) is 30.9 Å². The number of amides is 1. The molecule has 0 atom stereocenters. The second-order valence-corrected chi connectivity index (χ2v) is 9.27. The molecule has 0 bridgehead atoms. The highest BCUT2D eigenvalue weighted by Crippen LogP contribution is 2.30. The summed E-state index contributed by atoms with van der Waals surface area (Å²) in [5.41, 5.74) is 2.86. The fourth-order valence-electron chi connectivity index (χ4n) is 3.19. The van der Waals surface area contributed by atoms with Crippen LogP contribution < -0.4 is 10.1 Å². The van der Waals surface area contributed by atoms with Gasteiger partial charge >= 0.3 is 5.97 Å². The van der Waals surface area contributed by atoms with Gasteiger partial charge in [0.15, 0.2) is 6.61 Å². The molecule has 0 aliphatic heterocycles. The van der Waals surface area contributed by atoms with Crippen LogP contribution in [0.4, 0.5) is 0 Å². The van der Waals surface area contributed by atoms with Crippen LogP contribution in [0.15, 0.2) is 48.2 Å². The van der Waals surface area contributed by atoms with Gasteiger partial charge in [0.25, 0.3) is 5.91 Å². The van der Waals surface area contributed by atoms with E-state index in [2.05, 4.69) is 55.5 Å². The first kappa shape index (κ1) is 25.0. The van der Waals surface area contributed by atoms with Crippen LogP contribution in [0, 0.1) is 18.5 Å². The van der Waals surface area contributed by atoms with E-state index in [0.717, 1.165) is 23.6 Å². The molecule has 3 rings (SSSR count). The Morgan fingerprint density at radius 3 is 2.64 bits per heavy atom. The summed E-state index contributed by atoms with van der Waals surface area (Å²) < 4.78 is 12.0. The third-order valence-electron chi connectivity index (χ3n) is 4.69. The summed E-state index contributed by atoms with van der Waals surface area (Å²) in [4.78, 5) is 27.3. The van der Waals surface area contributed by atoms with Gasteiger partial charge in [-0.3, -0.25) is 4.79 Å². The Morgan fingerprint density at radius 1 is 1.21 bits per heavy atom. The van der Waals surface area contributed by atoms with Gasteiger partial charge in [0.1, 0.15) is 17.4 Å². The maximum absolute atomic E-state index is 12.6. The van der Waals surface area contributed by atoms with E-state index >= 15 is 0 Å². The summed E-state index contributed by atoms with van der Waals surface area (Å²) in [5.74, 6) is -0.308. The maximum Gasteiger partial charge on any atom is 0.344 e. The molecular weight excluding hydrogens is 648 g/mol. The van der Waals surface area contributed by atoms with Gasteiger partial charge < -0.3 is 19.8 Å². The number of hydrogen-bond donors (Lipinski definition) is 2. The van der Waals surface area contributed by atoms with E-state index in [1.165, 1.54) is 0 Å². The van der Waals surface area contributed by atoms with Crippen LogP contribution in [0.1, 0.15) is 18.1 Å². The number of carbonyl (C=O) groups is 2. The molecule has 0 radical (unpaired) electrons. The lowest BCUT2D eigenvalue weighted by Gasteiger charge is -2.11. The van der Waals surface area contributed by atoms with Crippen molar-refractivity contribution in [3.8, 4) is 11.8 Å². The summed E-state index contributed by atoms with van der Waals surface area (Å²) in [6.07, 6.45) is 4.13. The monoisotopic (exact) mass is 669 g/mol. The number of benzene rings is 2. The predicted octanol–water partition coefficient (Wildman–Crippen LogP) is 4.58. The second kappa shape index (κ2) is 12.0. The lowest BCUT2D eigenvalue weighted by Crippen LogP contribution is -2.26. The molecule has 1 aromatic heterocycles. The maximum atomic E-state index is 12.6. The number of esters is 1. The second-order valence-electron chi connectivity index (χ2n) is 6.94. The van der Waals surface area contributed by atoms with Gasteiger partial charge in [-0.2, -0.15) is 5.26 Å². The molecule has 0 aliphatic rings.